The Morgan fingerprint density at radius 1 is 1.27 bits per heavy atom. The summed E-state index contributed by atoms with van der Waals surface area (Å²) in [5, 5.41) is 0. The number of hydrogen-bond donors (Lipinski definition) is 1. The smallest absolute Gasteiger partial charge is 0.135 e. The lowest BCUT2D eigenvalue weighted by Crippen LogP contribution is -2.12. The third-order valence-electron chi connectivity index (χ3n) is 2.68. The van der Waals surface area contributed by atoms with Crippen molar-refractivity contribution in [3.63, 3.8) is 0 Å². The van der Waals surface area contributed by atoms with Crippen LogP contribution >= 0.6 is 0 Å². The molecule has 0 heterocycles. The Hall–Kier alpha value is -0.410. The molecule has 15 heavy (non-hydrogen) atoms. The first-order chi connectivity index (χ1) is 7.22. The number of hydrogen-bond acceptors (Lipinski definition) is 3. The van der Waals surface area contributed by atoms with E-state index >= 15 is 0 Å². The normalized spacial score (nSPS) is 12.7. The van der Waals surface area contributed by atoms with Crippen LogP contribution in [0, 0.1) is 5.92 Å². The third kappa shape index (κ3) is 8.58. The zero-order valence-corrected chi connectivity index (χ0v) is 10.1. The highest BCUT2D eigenvalue weighted by molar-refractivity contribution is 5.80. The highest BCUT2D eigenvalue weighted by Crippen LogP contribution is 2.10. The number of ketones is 1. The van der Waals surface area contributed by atoms with E-state index in [4.69, 9.17) is 10.5 Å². The zero-order chi connectivity index (χ0) is 11.5. The molecule has 0 aromatic heterocycles. The number of rotatable bonds is 10. The van der Waals surface area contributed by atoms with E-state index in [-0.39, 0.29) is 5.92 Å². The van der Waals surface area contributed by atoms with Crippen molar-refractivity contribution in [1.82, 2.24) is 0 Å². The van der Waals surface area contributed by atoms with E-state index < -0.39 is 0 Å². The average Bonchev–Trinajstić information content (AvgIpc) is 2.25. The number of carbonyl (C=O) groups is 1. The van der Waals surface area contributed by atoms with Crippen LogP contribution < -0.4 is 5.73 Å². The summed E-state index contributed by atoms with van der Waals surface area (Å²) >= 11 is 0. The summed E-state index contributed by atoms with van der Waals surface area (Å²) in [5.41, 5.74) is 5.39. The van der Waals surface area contributed by atoms with Crippen LogP contribution in [0.25, 0.3) is 0 Å². The lowest BCUT2D eigenvalue weighted by molar-refractivity contribution is -0.123. The van der Waals surface area contributed by atoms with Crippen molar-refractivity contribution in [2.45, 2.75) is 45.4 Å². The van der Waals surface area contributed by atoms with Crippen LogP contribution in [-0.2, 0) is 9.53 Å². The molecule has 0 bridgehead atoms. The SMILES string of the molecule is COCCC(C)C(=O)CCCCCCN. The van der Waals surface area contributed by atoms with E-state index in [1.54, 1.807) is 7.11 Å². The molecule has 0 radical (unpaired) electrons. The van der Waals surface area contributed by atoms with Crippen molar-refractivity contribution in [2.75, 3.05) is 20.3 Å². The molecule has 0 aliphatic rings. The van der Waals surface area contributed by atoms with E-state index in [0.717, 1.165) is 45.1 Å². The standard InChI is InChI=1S/C12H25NO2/c1-11(8-10-15-2)12(14)7-5-3-4-6-9-13/h11H,3-10,13H2,1-2H3. The zero-order valence-electron chi connectivity index (χ0n) is 10.1. The van der Waals surface area contributed by atoms with Gasteiger partial charge in [-0.15, -0.1) is 0 Å². The van der Waals surface area contributed by atoms with Crippen LogP contribution in [0.1, 0.15) is 45.4 Å². The minimum Gasteiger partial charge on any atom is -0.385 e. The first-order valence-corrected chi connectivity index (χ1v) is 5.94. The monoisotopic (exact) mass is 215 g/mol. The lowest BCUT2D eigenvalue weighted by Gasteiger charge is -2.09. The summed E-state index contributed by atoms with van der Waals surface area (Å²) in [4.78, 5) is 11.6. The molecule has 0 aliphatic heterocycles. The molecule has 0 amide bonds. The van der Waals surface area contributed by atoms with Gasteiger partial charge >= 0.3 is 0 Å². The van der Waals surface area contributed by atoms with Gasteiger partial charge in [0.1, 0.15) is 5.78 Å². The van der Waals surface area contributed by atoms with Gasteiger partial charge in [-0.25, -0.2) is 0 Å². The van der Waals surface area contributed by atoms with Gasteiger partial charge in [0.15, 0.2) is 0 Å². The fourth-order valence-corrected chi connectivity index (χ4v) is 1.50. The Morgan fingerprint density at radius 3 is 2.53 bits per heavy atom. The lowest BCUT2D eigenvalue weighted by atomic mass is 9.98. The molecule has 0 aromatic carbocycles. The van der Waals surface area contributed by atoms with Crippen LogP contribution in [0.2, 0.25) is 0 Å². The molecule has 2 N–H and O–H groups in total. The fourth-order valence-electron chi connectivity index (χ4n) is 1.50. The molecule has 0 saturated carbocycles. The van der Waals surface area contributed by atoms with Crippen molar-refractivity contribution >= 4 is 5.78 Å². The molecular weight excluding hydrogens is 190 g/mol. The third-order valence-corrected chi connectivity index (χ3v) is 2.68. The highest BCUT2D eigenvalue weighted by atomic mass is 16.5. The second kappa shape index (κ2) is 10.1. The van der Waals surface area contributed by atoms with Gasteiger partial charge in [0.25, 0.3) is 0 Å². The Morgan fingerprint density at radius 2 is 1.93 bits per heavy atom. The molecule has 1 atom stereocenters. The van der Waals surface area contributed by atoms with Gasteiger partial charge < -0.3 is 10.5 Å². The summed E-state index contributed by atoms with van der Waals surface area (Å²) in [6.07, 6.45) is 5.92. The molecule has 0 saturated heterocycles. The Bertz CT molecular complexity index is 160. The second-order valence-electron chi connectivity index (χ2n) is 4.10. The van der Waals surface area contributed by atoms with Crippen LogP contribution in [0.4, 0.5) is 0 Å². The van der Waals surface area contributed by atoms with E-state index in [2.05, 4.69) is 0 Å². The Balaban J connectivity index is 3.38. The van der Waals surface area contributed by atoms with Crippen molar-refractivity contribution in [2.24, 2.45) is 11.7 Å². The van der Waals surface area contributed by atoms with Gasteiger partial charge in [0, 0.05) is 26.1 Å². The predicted octanol–water partition coefficient (Wildman–Crippen LogP) is 2.14. The first-order valence-electron chi connectivity index (χ1n) is 5.94. The van der Waals surface area contributed by atoms with Gasteiger partial charge in [0.05, 0.1) is 0 Å². The molecule has 1 unspecified atom stereocenters. The van der Waals surface area contributed by atoms with Crippen LogP contribution in [0.15, 0.2) is 0 Å². The molecule has 0 rings (SSSR count). The number of nitrogens with two attached hydrogens (primary N) is 1. The Labute approximate surface area is 93.4 Å². The van der Waals surface area contributed by atoms with Crippen molar-refractivity contribution < 1.29 is 9.53 Å². The predicted molar refractivity (Wildman–Crippen MR) is 62.8 cm³/mol. The van der Waals surface area contributed by atoms with Crippen LogP contribution in [0.5, 0.6) is 0 Å². The maximum atomic E-state index is 11.6. The van der Waals surface area contributed by atoms with Crippen molar-refractivity contribution in [3.8, 4) is 0 Å². The van der Waals surface area contributed by atoms with Gasteiger partial charge in [-0.2, -0.15) is 0 Å². The summed E-state index contributed by atoms with van der Waals surface area (Å²) in [6.45, 7) is 3.43. The van der Waals surface area contributed by atoms with Crippen LogP contribution in [-0.4, -0.2) is 26.0 Å². The maximum absolute atomic E-state index is 11.6. The largest absolute Gasteiger partial charge is 0.385 e. The van der Waals surface area contributed by atoms with Gasteiger partial charge in [-0.05, 0) is 25.8 Å². The number of unbranched alkanes of at least 4 members (excludes halogenated alkanes) is 3. The molecule has 90 valence electrons. The minimum atomic E-state index is 0.152. The van der Waals surface area contributed by atoms with E-state index in [1.807, 2.05) is 6.92 Å². The molecular formula is C12H25NO2. The van der Waals surface area contributed by atoms with E-state index in [1.165, 1.54) is 0 Å². The summed E-state index contributed by atoms with van der Waals surface area (Å²) in [7, 11) is 1.67. The fraction of sp³-hybridized carbons (Fsp3) is 0.917. The van der Waals surface area contributed by atoms with E-state index in [9.17, 15) is 4.79 Å². The summed E-state index contributed by atoms with van der Waals surface area (Å²) < 4.78 is 4.95. The first kappa shape index (κ1) is 14.6. The van der Waals surface area contributed by atoms with Crippen molar-refractivity contribution in [1.29, 1.82) is 0 Å². The maximum Gasteiger partial charge on any atom is 0.135 e. The number of carbonyl (C=O) groups excluding carboxylic acids is 1. The van der Waals surface area contributed by atoms with Gasteiger partial charge in [-0.1, -0.05) is 19.8 Å². The molecule has 0 spiro atoms. The number of ether oxygens (including phenoxy) is 1. The van der Waals surface area contributed by atoms with Crippen molar-refractivity contribution in [3.05, 3.63) is 0 Å². The molecule has 3 nitrogen and oxygen atoms in total. The summed E-state index contributed by atoms with van der Waals surface area (Å²) in [6, 6.07) is 0. The molecule has 0 fully saturated rings. The number of Topliss-reactive ketones (excluding diaryl/α,β-unsaturated/α-hetero) is 1. The minimum absolute atomic E-state index is 0.152. The number of methoxy groups -OCH3 is 1. The topological polar surface area (TPSA) is 52.3 Å². The molecule has 0 aliphatic carbocycles. The summed E-state index contributed by atoms with van der Waals surface area (Å²) in [5.74, 6) is 0.527. The highest BCUT2D eigenvalue weighted by Gasteiger charge is 2.11. The van der Waals surface area contributed by atoms with Gasteiger partial charge in [-0.3, -0.25) is 4.79 Å². The molecule has 0 aromatic rings. The van der Waals surface area contributed by atoms with Gasteiger partial charge in [0.2, 0.25) is 0 Å². The van der Waals surface area contributed by atoms with E-state index in [0.29, 0.717) is 12.4 Å². The quantitative estimate of drug-likeness (QED) is 0.568. The second-order valence-corrected chi connectivity index (χ2v) is 4.10. The average molecular weight is 215 g/mol. The van der Waals surface area contributed by atoms with Crippen LogP contribution in [0.3, 0.4) is 0 Å². The Kier molecular flexibility index (Phi) is 9.84. The molecule has 3 heteroatoms.